The fourth-order valence-corrected chi connectivity index (χ4v) is 5.67. The van der Waals surface area contributed by atoms with E-state index in [2.05, 4.69) is 9.97 Å². The van der Waals surface area contributed by atoms with Crippen molar-refractivity contribution in [2.45, 2.75) is 25.4 Å². The molecule has 1 aliphatic rings. The fourth-order valence-electron chi connectivity index (χ4n) is 3.54. The second kappa shape index (κ2) is 7.97. The van der Waals surface area contributed by atoms with Crippen LogP contribution in [0.4, 0.5) is 13.9 Å². The Kier molecular flexibility index (Phi) is 5.51. The molecule has 0 N–H and O–H groups in total. The number of thiazole rings is 1. The lowest BCUT2D eigenvalue weighted by Crippen LogP contribution is -2.47. The van der Waals surface area contributed by atoms with Crippen molar-refractivity contribution in [2.75, 3.05) is 17.7 Å². The van der Waals surface area contributed by atoms with Gasteiger partial charge in [0.1, 0.15) is 17.4 Å². The van der Waals surface area contributed by atoms with E-state index in [0.29, 0.717) is 18.4 Å². The molecule has 1 fully saturated rings. The minimum atomic E-state index is -3.58. The zero-order valence-corrected chi connectivity index (χ0v) is 17.6. The minimum absolute atomic E-state index is 0.0354. The molecule has 4 rings (SSSR count). The fraction of sp³-hybridized carbons (Fsp3) is 0.316. The van der Waals surface area contributed by atoms with Crippen LogP contribution in [0.2, 0.25) is 0 Å². The normalized spacial score (nSPS) is 17.5. The molecule has 30 heavy (non-hydrogen) atoms. The Morgan fingerprint density at radius 1 is 1.37 bits per heavy atom. The van der Waals surface area contributed by atoms with Crippen LogP contribution in [0.3, 0.4) is 0 Å². The standard InChI is InChI=1S/C19H18F2N4O3S2/c1-30(27,28)25-7-3-5-15(25)18(26)24(11-12-4-2-6-22-10-12)19-23-17-14(21)8-13(20)9-16(17)29-19/h2,4,6,8-10,15H,3,5,7,11H2,1H3. The number of rotatable bonds is 5. The molecule has 1 aromatic carbocycles. The van der Waals surface area contributed by atoms with Crippen molar-refractivity contribution in [2.24, 2.45) is 0 Å². The van der Waals surface area contributed by atoms with E-state index >= 15 is 0 Å². The lowest BCUT2D eigenvalue weighted by Gasteiger charge is -2.27. The van der Waals surface area contributed by atoms with Crippen LogP contribution in [-0.2, 0) is 21.4 Å². The van der Waals surface area contributed by atoms with Gasteiger partial charge in [-0.2, -0.15) is 4.31 Å². The molecule has 0 spiro atoms. The Balaban J connectivity index is 1.77. The molecule has 3 aromatic rings. The van der Waals surface area contributed by atoms with E-state index in [1.54, 1.807) is 24.5 Å². The van der Waals surface area contributed by atoms with Crippen LogP contribution in [0.15, 0.2) is 36.7 Å². The number of pyridine rings is 1. The molecule has 0 radical (unpaired) electrons. The maximum Gasteiger partial charge on any atom is 0.247 e. The van der Waals surface area contributed by atoms with Gasteiger partial charge in [0.25, 0.3) is 0 Å². The highest BCUT2D eigenvalue weighted by molar-refractivity contribution is 7.88. The number of aromatic nitrogens is 2. The maximum absolute atomic E-state index is 14.2. The summed E-state index contributed by atoms with van der Waals surface area (Å²) in [5, 5.41) is 0.170. The summed E-state index contributed by atoms with van der Waals surface area (Å²) in [6.07, 6.45) is 5.18. The van der Waals surface area contributed by atoms with E-state index in [1.807, 2.05) is 0 Å². The first-order valence-corrected chi connectivity index (χ1v) is 11.8. The Morgan fingerprint density at radius 2 is 2.17 bits per heavy atom. The van der Waals surface area contributed by atoms with Gasteiger partial charge in [0, 0.05) is 25.0 Å². The molecule has 7 nitrogen and oxygen atoms in total. The summed E-state index contributed by atoms with van der Waals surface area (Å²) >= 11 is 0.974. The molecule has 11 heteroatoms. The highest BCUT2D eigenvalue weighted by atomic mass is 32.2. The molecule has 1 saturated heterocycles. The number of anilines is 1. The van der Waals surface area contributed by atoms with Crippen LogP contribution < -0.4 is 4.90 Å². The van der Waals surface area contributed by atoms with Crippen molar-refractivity contribution in [1.29, 1.82) is 0 Å². The zero-order valence-electron chi connectivity index (χ0n) is 16.0. The Hall–Kier alpha value is -2.50. The van der Waals surface area contributed by atoms with Gasteiger partial charge in [-0.3, -0.25) is 14.7 Å². The number of amides is 1. The number of hydrogen-bond acceptors (Lipinski definition) is 6. The number of hydrogen-bond donors (Lipinski definition) is 0. The second-order valence-electron chi connectivity index (χ2n) is 7.05. The average molecular weight is 453 g/mol. The number of nitrogens with zero attached hydrogens (tertiary/aromatic N) is 4. The molecular weight excluding hydrogens is 434 g/mol. The lowest BCUT2D eigenvalue weighted by atomic mass is 10.2. The monoisotopic (exact) mass is 452 g/mol. The number of fused-ring (bicyclic) bond motifs is 1. The SMILES string of the molecule is CS(=O)(=O)N1CCCC1C(=O)N(Cc1cccnc1)c1nc2c(F)cc(F)cc2s1. The van der Waals surface area contributed by atoms with E-state index in [-0.39, 0.29) is 28.4 Å². The van der Waals surface area contributed by atoms with E-state index in [0.717, 1.165) is 29.7 Å². The minimum Gasteiger partial charge on any atom is -0.282 e. The smallest absolute Gasteiger partial charge is 0.247 e. The first-order valence-electron chi connectivity index (χ1n) is 9.17. The van der Waals surface area contributed by atoms with Crippen molar-refractivity contribution in [3.8, 4) is 0 Å². The third kappa shape index (κ3) is 4.05. The highest BCUT2D eigenvalue weighted by Gasteiger charge is 2.39. The van der Waals surface area contributed by atoms with Gasteiger partial charge >= 0.3 is 0 Å². The van der Waals surface area contributed by atoms with Crippen LogP contribution in [0.25, 0.3) is 10.2 Å². The molecular formula is C19H18F2N4O3S2. The van der Waals surface area contributed by atoms with Gasteiger partial charge in [0.05, 0.1) is 17.5 Å². The van der Waals surface area contributed by atoms with Crippen LogP contribution in [0.1, 0.15) is 18.4 Å². The van der Waals surface area contributed by atoms with Crippen molar-refractivity contribution < 1.29 is 22.0 Å². The van der Waals surface area contributed by atoms with Crippen LogP contribution in [-0.4, -0.2) is 47.4 Å². The first kappa shape index (κ1) is 20.8. The molecule has 2 aromatic heterocycles. The molecule has 0 aliphatic carbocycles. The molecule has 3 heterocycles. The number of sulfonamides is 1. The number of carbonyl (C=O) groups excluding carboxylic acids is 1. The summed E-state index contributed by atoms with van der Waals surface area (Å²) in [6, 6.07) is 4.50. The molecule has 0 saturated carbocycles. The topological polar surface area (TPSA) is 83.5 Å². The van der Waals surface area contributed by atoms with Gasteiger partial charge < -0.3 is 0 Å². The molecule has 1 amide bonds. The molecule has 158 valence electrons. The predicted octanol–water partition coefficient (Wildman–Crippen LogP) is 2.93. The maximum atomic E-state index is 14.2. The van der Waals surface area contributed by atoms with E-state index in [1.165, 1.54) is 9.21 Å². The summed E-state index contributed by atoms with van der Waals surface area (Å²) < 4.78 is 53.5. The molecule has 1 aliphatic heterocycles. The van der Waals surface area contributed by atoms with Gasteiger partial charge in [-0.05, 0) is 30.5 Å². The van der Waals surface area contributed by atoms with Crippen molar-refractivity contribution in [1.82, 2.24) is 14.3 Å². The van der Waals surface area contributed by atoms with Gasteiger partial charge in [0.2, 0.25) is 15.9 Å². The van der Waals surface area contributed by atoms with Gasteiger partial charge in [-0.15, -0.1) is 0 Å². The van der Waals surface area contributed by atoms with Crippen molar-refractivity contribution >= 4 is 42.6 Å². The van der Waals surface area contributed by atoms with Gasteiger partial charge in [-0.25, -0.2) is 22.2 Å². The Bertz CT molecular complexity index is 1200. The van der Waals surface area contributed by atoms with Crippen LogP contribution in [0.5, 0.6) is 0 Å². The summed E-state index contributed by atoms with van der Waals surface area (Å²) in [5.74, 6) is -2.01. The molecule has 1 unspecified atom stereocenters. The van der Waals surface area contributed by atoms with Crippen LogP contribution in [0, 0.1) is 11.6 Å². The summed E-state index contributed by atoms with van der Waals surface area (Å²) in [6.45, 7) is 0.334. The highest BCUT2D eigenvalue weighted by Crippen LogP contribution is 2.34. The molecule has 0 bridgehead atoms. The Labute approximate surface area is 176 Å². The predicted molar refractivity (Wildman–Crippen MR) is 110 cm³/mol. The largest absolute Gasteiger partial charge is 0.282 e. The first-order chi connectivity index (χ1) is 14.2. The van der Waals surface area contributed by atoms with Gasteiger partial charge in [-0.1, -0.05) is 17.4 Å². The van der Waals surface area contributed by atoms with Crippen molar-refractivity contribution in [3.63, 3.8) is 0 Å². The van der Waals surface area contributed by atoms with E-state index in [9.17, 15) is 22.0 Å². The third-order valence-corrected chi connectivity index (χ3v) is 7.19. The second-order valence-corrected chi connectivity index (χ2v) is 9.99. The number of benzene rings is 1. The van der Waals surface area contributed by atoms with E-state index in [4.69, 9.17) is 0 Å². The van der Waals surface area contributed by atoms with Gasteiger partial charge in [0.15, 0.2) is 10.9 Å². The zero-order chi connectivity index (χ0) is 21.5. The summed E-state index contributed by atoms with van der Waals surface area (Å²) in [4.78, 5) is 23.0. The quantitative estimate of drug-likeness (QED) is 0.594. The van der Waals surface area contributed by atoms with Crippen LogP contribution >= 0.6 is 11.3 Å². The Morgan fingerprint density at radius 3 is 2.87 bits per heavy atom. The average Bonchev–Trinajstić information content (AvgIpc) is 3.33. The number of halogens is 2. The third-order valence-electron chi connectivity index (χ3n) is 4.88. The van der Waals surface area contributed by atoms with Crippen molar-refractivity contribution in [3.05, 3.63) is 53.9 Å². The summed E-state index contributed by atoms with van der Waals surface area (Å²) in [7, 11) is -3.58. The number of carbonyl (C=O) groups is 1. The van der Waals surface area contributed by atoms with E-state index < -0.39 is 33.6 Å². The summed E-state index contributed by atoms with van der Waals surface area (Å²) in [5.41, 5.74) is 0.660. The lowest BCUT2D eigenvalue weighted by molar-refractivity contribution is -0.121. The molecule has 1 atom stereocenters.